The highest BCUT2D eigenvalue weighted by Gasteiger charge is 2.22. The molecule has 2 heterocycles. The van der Waals surface area contributed by atoms with Gasteiger partial charge in [-0.25, -0.2) is 4.98 Å². The predicted molar refractivity (Wildman–Crippen MR) is 38.0 cm³/mol. The Hall–Kier alpha value is -1.56. The third kappa shape index (κ3) is 0.926. The largest absolute Gasteiger partial charge is 0.458 e. The van der Waals surface area contributed by atoms with Gasteiger partial charge in [0.15, 0.2) is 6.10 Å². The van der Waals surface area contributed by atoms with Crippen LogP contribution in [0.1, 0.15) is 5.56 Å². The first kappa shape index (κ1) is 6.17. The summed E-state index contributed by atoms with van der Waals surface area (Å²) in [5.41, 5.74) is 1.03. The summed E-state index contributed by atoms with van der Waals surface area (Å²) in [6, 6.07) is 5.83. The Morgan fingerprint density at radius 3 is 3.36 bits per heavy atom. The second-order valence-corrected chi connectivity index (χ2v) is 2.41. The van der Waals surface area contributed by atoms with E-state index in [4.69, 9.17) is 10.00 Å². The Balaban J connectivity index is 2.35. The monoisotopic (exact) mass is 146 g/mol. The summed E-state index contributed by atoms with van der Waals surface area (Å²) in [6.45, 7) is 0. The molecule has 0 aliphatic carbocycles. The Morgan fingerprint density at radius 2 is 2.64 bits per heavy atom. The van der Waals surface area contributed by atoms with Gasteiger partial charge in [0, 0.05) is 18.2 Å². The summed E-state index contributed by atoms with van der Waals surface area (Å²) < 4.78 is 5.18. The van der Waals surface area contributed by atoms with Crippen LogP contribution in [0.5, 0.6) is 5.88 Å². The van der Waals surface area contributed by atoms with Crippen LogP contribution in [0.2, 0.25) is 0 Å². The van der Waals surface area contributed by atoms with Crippen molar-refractivity contribution < 1.29 is 4.74 Å². The Bertz CT molecular complexity index is 291. The highest BCUT2D eigenvalue weighted by Crippen LogP contribution is 2.24. The van der Waals surface area contributed by atoms with Gasteiger partial charge >= 0.3 is 0 Å². The molecule has 1 aliphatic heterocycles. The maximum absolute atomic E-state index is 8.54. The zero-order valence-corrected chi connectivity index (χ0v) is 5.82. The molecule has 1 atom stereocenters. The van der Waals surface area contributed by atoms with Gasteiger partial charge in [0.1, 0.15) is 6.07 Å². The van der Waals surface area contributed by atoms with E-state index in [0.29, 0.717) is 12.3 Å². The average Bonchev–Trinajstić information content (AvgIpc) is 2.46. The van der Waals surface area contributed by atoms with Crippen LogP contribution in [-0.2, 0) is 6.42 Å². The molecule has 1 aliphatic rings. The molecule has 2 rings (SSSR count). The normalized spacial score (nSPS) is 20.1. The molecule has 54 valence electrons. The van der Waals surface area contributed by atoms with Crippen molar-refractivity contribution in [1.29, 1.82) is 5.26 Å². The highest BCUT2D eigenvalue weighted by molar-refractivity contribution is 5.31. The molecular formula is C8H6N2O. The van der Waals surface area contributed by atoms with Crippen molar-refractivity contribution in [2.75, 3.05) is 0 Å². The van der Waals surface area contributed by atoms with Gasteiger partial charge in [-0.05, 0) is 6.07 Å². The topological polar surface area (TPSA) is 45.9 Å². The number of pyridine rings is 1. The minimum absolute atomic E-state index is 0.333. The van der Waals surface area contributed by atoms with Crippen molar-refractivity contribution in [3.63, 3.8) is 0 Å². The van der Waals surface area contributed by atoms with E-state index in [1.165, 1.54) is 0 Å². The van der Waals surface area contributed by atoms with Gasteiger partial charge in [-0.2, -0.15) is 5.26 Å². The van der Waals surface area contributed by atoms with Gasteiger partial charge in [0.05, 0.1) is 0 Å². The maximum atomic E-state index is 8.54. The maximum Gasteiger partial charge on any atom is 0.218 e. The average molecular weight is 146 g/mol. The molecule has 0 saturated heterocycles. The quantitative estimate of drug-likeness (QED) is 0.546. The van der Waals surface area contributed by atoms with E-state index in [1.807, 2.05) is 18.2 Å². The second kappa shape index (κ2) is 2.24. The van der Waals surface area contributed by atoms with Crippen LogP contribution in [0.3, 0.4) is 0 Å². The molecule has 3 heteroatoms. The van der Waals surface area contributed by atoms with Crippen LogP contribution < -0.4 is 4.74 Å². The molecule has 11 heavy (non-hydrogen) atoms. The van der Waals surface area contributed by atoms with Crippen molar-refractivity contribution in [3.05, 3.63) is 23.9 Å². The lowest BCUT2D eigenvalue weighted by Gasteiger charge is -1.96. The fourth-order valence-electron chi connectivity index (χ4n) is 1.13. The molecule has 1 unspecified atom stereocenters. The smallest absolute Gasteiger partial charge is 0.218 e. The lowest BCUT2D eigenvalue weighted by Crippen LogP contribution is -2.08. The van der Waals surface area contributed by atoms with E-state index in [9.17, 15) is 0 Å². The van der Waals surface area contributed by atoms with E-state index in [-0.39, 0.29) is 6.10 Å². The van der Waals surface area contributed by atoms with Crippen LogP contribution >= 0.6 is 0 Å². The second-order valence-electron chi connectivity index (χ2n) is 2.41. The number of nitriles is 1. The first-order valence-corrected chi connectivity index (χ1v) is 3.40. The van der Waals surface area contributed by atoms with Crippen LogP contribution in [-0.4, -0.2) is 11.1 Å². The number of nitrogens with zero attached hydrogens (tertiary/aromatic N) is 2. The zero-order chi connectivity index (χ0) is 7.68. The molecule has 0 aromatic carbocycles. The molecule has 0 fully saturated rings. The fraction of sp³-hybridized carbons (Fsp3) is 0.250. The van der Waals surface area contributed by atoms with Crippen LogP contribution in [0.15, 0.2) is 18.3 Å². The van der Waals surface area contributed by atoms with E-state index in [0.717, 1.165) is 5.56 Å². The third-order valence-electron chi connectivity index (χ3n) is 1.65. The molecule has 0 saturated carbocycles. The van der Waals surface area contributed by atoms with Crippen LogP contribution in [0.4, 0.5) is 0 Å². The number of rotatable bonds is 0. The van der Waals surface area contributed by atoms with Gasteiger partial charge in [-0.3, -0.25) is 0 Å². The van der Waals surface area contributed by atoms with E-state index in [2.05, 4.69) is 4.98 Å². The number of fused-ring (bicyclic) bond motifs is 1. The van der Waals surface area contributed by atoms with Gasteiger partial charge < -0.3 is 4.74 Å². The summed E-state index contributed by atoms with van der Waals surface area (Å²) in [5, 5.41) is 8.54. The van der Waals surface area contributed by atoms with Crippen molar-refractivity contribution in [1.82, 2.24) is 4.98 Å². The molecule has 0 bridgehead atoms. The van der Waals surface area contributed by atoms with Crippen molar-refractivity contribution >= 4 is 0 Å². The lowest BCUT2D eigenvalue weighted by molar-refractivity contribution is 0.281. The van der Waals surface area contributed by atoms with Gasteiger partial charge in [0.2, 0.25) is 5.88 Å². The highest BCUT2D eigenvalue weighted by atomic mass is 16.5. The number of aromatic nitrogens is 1. The first-order chi connectivity index (χ1) is 5.40. The Kier molecular flexibility index (Phi) is 1.26. The van der Waals surface area contributed by atoms with Gasteiger partial charge in [-0.1, -0.05) is 6.07 Å². The zero-order valence-electron chi connectivity index (χ0n) is 5.82. The predicted octanol–water partition coefficient (Wildman–Crippen LogP) is 0.909. The van der Waals surface area contributed by atoms with Crippen LogP contribution in [0.25, 0.3) is 0 Å². The molecule has 0 N–H and O–H groups in total. The summed E-state index contributed by atoms with van der Waals surface area (Å²) in [4.78, 5) is 3.98. The third-order valence-corrected chi connectivity index (χ3v) is 1.65. The van der Waals surface area contributed by atoms with Gasteiger partial charge in [0.25, 0.3) is 0 Å². The molecule has 1 aromatic heterocycles. The van der Waals surface area contributed by atoms with E-state index in [1.54, 1.807) is 6.20 Å². The SMILES string of the molecule is N#CC1Cc2cccnc2O1. The molecule has 0 amide bonds. The Morgan fingerprint density at radius 1 is 1.73 bits per heavy atom. The number of hydrogen-bond donors (Lipinski definition) is 0. The van der Waals surface area contributed by atoms with E-state index < -0.39 is 0 Å². The van der Waals surface area contributed by atoms with Gasteiger partial charge in [-0.15, -0.1) is 0 Å². The molecular weight excluding hydrogens is 140 g/mol. The minimum atomic E-state index is -0.333. The van der Waals surface area contributed by atoms with Crippen molar-refractivity contribution in [2.45, 2.75) is 12.5 Å². The lowest BCUT2D eigenvalue weighted by atomic mass is 10.2. The minimum Gasteiger partial charge on any atom is -0.458 e. The van der Waals surface area contributed by atoms with Crippen LogP contribution in [0, 0.1) is 11.3 Å². The molecule has 0 radical (unpaired) electrons. The first-order valence-electron chi connectivity index (χ1n) is 3.40. The summed E-state index contributed by atoms with van der Waals surface area (Å²) in [7, 11) is 0. The molecule has 3 nitrogen and oxygen atoms in total. The van der Waals surface area contributed by atoms with Crippen molar-refractivity contribution in [2.24, 2.45) is 0 Å². The molecule has 0 spiro atoms. The Labute approximate surface area is 64.2 Å². The number of ether oxygens (including phenoxy) is 1. The van der Waals surface area contributed by atoms with E-state index >= 15 is 0 Å². The standard InChI is InChI=1S/C8H6N2O/c9-5-7-4-6-2-1-3-10-8(6)11-7/h1-3,7H,4H2. The fourth-order valence-corrected chi connectivity index (χ4v) is 1.13. The summed E-state index contributed by atoms with van der Waals surface area (Å²) >= 11 is 0. The summed E-state index contributed by atoms with van der Waals surface area (Å²) in [6.07, 6.45) is 2.00. The van der Waals surface area contributed by atoms with Crippen molar-refractivity contribution in [3.8, 4) is 11.9 Å². The summed E-state index contributed by atoms with van der Waals surface area (Å²) in [5.74, 6) is 0.610. The number of hydrogen-bond acceptors (Lipinski definition) is 3. The molecule has 1 aromatic rings.